The van der Waals surface area contributed by atoms with Crippen LogP contribution < -0.4 is 10.1 Å². The van der Waals surface area contributed by atoms with E-state index in [1.54, 1.807) is 6.92 Å². The molecule has 1 saturated heterocycles. The second-order valence-electron chi connectivity index (χ2n) is 7.56. The van der Waals surface area contributed by atoms with Crippen molar-refractivity contribution < 1.29 is 22.7 Å². The molecule has 1 aromatic heterocycles. The van der Waals surface area contributed by atoms with E-state index in [2.05, 4.69) is 15.3 Å². The molecule has 9 nitrogen and oxygen atoms in total. The van der Waals surface area contributed by atoms with Crippen molar-refractivity contribution in [3.05, 3.63) is 11.8 Å². The topological polar surface area (TPSA) is 128 Å². The second-order valence-corrected chi connectivity index (χ2v) is 9.54. The number of anilines is 1. The lowest BCUT2D eigenvalue weighted by Gasteiger charge is -2.33. The van der Waals surface area contributed by atoms with Gasteiger partial charge in [0.1, 0.15) is 23.9 Å². The standard InChI is InChI=1S/C17H24FN5O4S/c1-17(24)6-3-4-14(17)27-15-11(8-19)9-20-16(22-15)21-13-5-7-23(10-12(13)18)28(2,25)26/h9,12-14,24H,3-7,10H2,1-2H3,(H,20,21,22)/t12-,13+,14+,17-/m1/s1. The van der Waals surface area contributed by atoms with Crippen LogP contribution in [0.25, 0.3) is 0 Å². The molecule has 2 fully saturated rings. The molecule has 1 aliphatic carbocycles. The highest BCUT2D eigenvalue weighted by molar-refractivity contribution is 7.88. The Kier molecular flexibility index (Phi) is 5.74. The Hall–Kier alpha value is -2.03. The first-order valence-corrected chi connectivity index (χ1v) is 11.0. The Bertz CT molecular complexity index is 873. The molecular formula is C17H24FN5O4S. The highest BCUT2D eigenvalue weighted by Crippen LogP contribution is 2.33. The Morgan fingerprint density at radius 1 is 1.50 bits per heavy atom. The van der Waals surface area contributed by atoms with E-state index in [1.165, 1.54) is 6.20 Å². The van der Waals surface area contributed by atoms with Gasteiger partial charge in [0.25, 0.3) is 0 Å². The number of aromatic nitrogens is 2. The van der Waals surface area contributed by atoms with Gasteiger partial charge < -0.3 is 15.2 Å². The van der Waals surface area contributed by atoms with Gasteiger partial charge >= 0.3 is 0 Å². The summed E-state index contributed by atoms with van der Waals surface area (Å²) in [6.45, 7) is 1.64. The quantitative estimate of drug-likeness (QED) is 0.726. The molecule has 2 aliphatic rings. The summed E-state index contributed by atoms with van der Waals surface area (Å²) >= 11 is 0. The van der Waals surface area contributed by atoms with Crippen LogP contribution in [0.15, 0.2) is 6.20 Å². The van der Waals surface area contributed by atoms with Gasteiger partial charge in [0.2, 0.25) is 21.9 Å². The number of hydrogen-bond acceptors (Lipinski definition) is 8. The van der Waals surface area contributed by atoms with Crippen LogP contribution in [0.4, 0.5) is 10.3 Å². The van der Waals surface area contributed by atoms with Gasteiger partial charge in [-0.25, -0.2) is 17.8 Å². The molecule has 0 spiro atoms. The fourth-order valence-electron chi connectivity index (χ4n) is 3.55. The van der Waals surface area contributed by atoms with Gasteiger partial charge in [-0.3, -0.25) is 0 Å². The van der Waals surface area contributed by atoms with Crippen molar-refractivity contribution in [3.63, 3.8) is 0 Å². The predicted octanol–water partition coefficient (Wildman–Crippen LogP) is 0.814. The first-order valence-electron chi connectivity index (χ1n) is 9.12. The highest BCUT2D eigenvalue weighted by atomic mass is 32.2. The van der Waals surface area contributed by atoms with Crippen LogP contribution in [0.3, 0.4) is 0 Å². The number of piperidine rings is 1. The maximum Gasteiger partial charge on any atom is 0.236 e. The molecule has 1 aromatic rings. The van der Waals surface area contributed by atoms with Crippen molar-refractivity contribution in [2.24, 2.45) is 0 Å². The Balaban J connectivity index is 1.72. The lowest BCUT2D eigenvalue weighted by atomic mass is 10.0. The smallest absolute Gasteiger partial charge is 0.236 e. The molecule has 0 radical (unpaired) electrons. The molecule has 4 atom stereocenters. The normalized spacial score (nSPS) is 31.3. The maximum absolute atomic E-state index is 14.4. The van der Waals surface area contributed by atoms with Crippen LogP contribution in [-0.2, 0) is 10.0 Å². The number of halogens is 1. The van der Waals surface area contributed by atoms with Crippen molar-refractivity contribution in [2.75, 3.05) is 24.7 Å². The predicted molar refractivity (Wildman–Crippen MR) is 99.0 cm³/mol. The van der Waals surface area contributed by atoms with E-state index >= 15 is 0 Å². The number of nitrogens with zero attached hydrogens (tertiary/aromatic N) is 4. The Morgan fingerprint density at radius 3 is 2.82 bits per heavy atom. The minimum absolute atomic E-state index is 0.0381. The van der Waals surface area contributed by atoms with E-state index in [0.29, 0.717) is 12.8 Å². The number of aliphatic hydroxyl groups is 1. The van der Waals surface area contributed by atoms with Crippen LogP contribution >= 0.6 is 0 Å². The van der Waals surface area contributed by atoms with Crippen molar-refractivity contribution >= 4 is 16.0 Å². The summed E-state index contributed by atoms with van der Waals surface area (Å²) in [6.07, 6.45) is 2.71. The molecular weight excluding hydrogens is 389 g/mol. The molecule has 0 bridgehead atoms. The van der Waals surface area contributed by atoms with Gasteiger partial charge in [-0.2, -0.15) is 14.6 Å². The highest BCUT2D eigenvalue weighted by Gasteiger charge is 2.39. The monoisotopic (exact) mass is 413 g/mol. The zero-order valence-corrected chi connectivity index (χ0v) is 16.6. The average Bonchev–Trinajstić information content (AvgIpc) is 2.94. The van der Waals surface area contributed by atoms with Gasteiger partial charge in [0.15, 0.2) is 0 Å². The fraction of sp³-hybridized carbons (Fsp3) is 0.706. The molecule has 154 valence electrons. The molecule has 11 heteroatoms. The van der Waals surface area contributed by atoms with Crippen LogP contribution in [-0.4, -0.2) is 71.1 Å². The lowest BCUT2D eigenvalue weighted by Crippen LogP contribution is -2.49. The van der Waals surface area contributed by atoms with Crippen LogP contribution in [0.5, 0.6) is 5.88 Å². The first-order chi connectivity index (χ1) is 13.1. The van der Waals surface area contributed by atoms with E-state index in [1.807, 2.05) is 6.07 Å². The molecule has 1 saturated carbocycles. The summed E-state index contributed by atoms with van der Waals surface area (Å²) in [5.41, 5.74) is -0.884. The van der Waals surface area contributed by atoms with E-state index in [9.17, 15) is 23.2 Å². The zero-order valence-electron chi connectivity index (χ0n) is 15.8. The van der Waals surface area contributed by atoms with E-state index in [0.717, 1.165) is 17.0 Å². The van der Waals surface area contributed by atoms with Gasteiger partial charge in [-0.15, -0.1) is 0 Å². The molecule has 0 aromatic carbocycles. The van der Waals surface area contributed by atoms with Crippen molar-refractivity contribution in [1.82, 2.24) is 14.3 Å². The number of ether oxygens (including phenoxy) is 1. The first kappa shape index (κ1) is 20.7. The number of nitriles is 1. The van der Waals surface area contributed by atoms with Gasteiger partial charge in [-0.1, -0.05) is 0 Å². The van der Waals surface area contributed by atoms with Gasteiger partial charge in [0.05, 0.1) is 24.1 Å². The van der Waals surface area contributed by atoms with Crippen LogP contribution in [0.1, 0.15) is 38.2 Å². The third-order valence-electron chi connectivity index (χ3n) is 5.26. The fourth-order valence-corrected chi connectivity index (χ4v) is 4.40. The maximum atomic E-state index is 14.4. The number of nitrogens with one attached hydrogen (secondary N) is 1. The summed E-state index contributed by atoms with van der Waals surface area (Å²) in [7, 11) is -3.44. The van der Waals surface area contributed by atoms with Gasteiger partial charge in [-0.05, 0) is 32.6 Å². The minimum Gasteiger partial charge on any atom is -0.470 e. The van der Waals surface area contributed by atoms with E-state index < -0.39 is 33.9 Å². The van der Waals surface area contributed by atoms with E-state index in [-0.39, 0.29) is 36.9 Å². The van der Waals surface area contributed by atoms with Gasteiger partial charge in [0, 0.05) is 13.1 Å². The molecule has 28 heavy (non-hydrogen) atoms. The molecule has 1 aliphatic heterocycles. The number of rotatable bonds is 5. The van der Waals surface area contributed by atoms with Crippen molar-refractivity contribution in [3.8, 4) is 11.9 Å². The van der Waals surface area contributed by atoms with Crippen molar-refractivity contribution in [2.45, 2.75) is 56.5 Å². The molecule has 3 rings (SSSR count). The molecule has 2 N–H and O–H groups in total. The SMILES string of the molecule is C[C@@]1(O)CCC[C@@H]1Oc1nc(N[C@H]2CCN(S(C)(=O)=O)C[C@H]2F)ncc1C#N. The summed E-state index contributed by atoms with van der Waals surface area (Å²) < 4.78 is 44.5. The average molecular weight is 413 g/mol. The Morgan fingerprint density at radius 2 is 2.25 bits per heavy atom. The summed E-state index contributed by atoms with van der Waals surface area (Å²) in [5, 5.41) is 22.5. The van der Waals surface area contributed by atoms with Crippen molar-refractivity contribution in [1.29, 1.82) is 5.26 Å². The number of hydrogen-bond donors (Lipinski definition) is 2. The summed E-state index contributed by atoms with van der Waals surface area (Å²) in [5.74, 6) is 0.128. The van der Waals surface area contributed by atoms with Crippen LogP contribution in [0.2, 0.25) is 0 Å². The van der Waals surface area contributed by atoms with Crippen LogP contribution in [0, 0.1) is 11.3 Å². The van der Waals surface area contributed by atoms with E-state index in [4.69, 9.17) is 4.74 Å². The lowest BCUT2D eigenvalue weighted by molar-refractivity contribution is -0.0271. The largest absolute Gasteiger partial charge is 0.470 e. The third kappa shape index (κ3) is 4.51. The zero-order chi connectivity index (χ0) is 20.5. The second kappa shape index (κ2) is 7.77. The summed E-state index contributed by atoms with van der Waals surface area (Å²) in [4.78, 5) is 8.22. The Labute approximate surface area is 163 Å². The summed E-state index contributed by atoms with van der Waals surface area (Å²) in [6, 6.07) is 1.29. The molecule has 2 heterocycles. The molecule has 0 unspecified atom stereocenters. The minimum atomic E-state index is -3.44. The number of alkyl halides is 1. The third-order valence-corrected chi connectivity index (χ3v) is 6.53. The number of sulfonamides is 1. The molecule has 0 amide bonds.